The molecule has 1 aliphatic carbocycles. The topological polar surface area (TPSA) is 37.6 Å². The highest BCUT2D eigenvalue weighted by Gasteiger charge is 2.39. The summed E-state index contributed by atoms with van der Waals surface area (Å²) in [6.07, 6.45) is 9.12. The Kier molecular flexibility index (Phi) is 6.85. The van der Waals surface area contributed by atoms with Gasteiger partial charge in [-0.15, -0.1) is 0 Å². The second-order valence-corrected chi connectivity index (χ2v) is 10.8. The fourth-order valence-corrected chi connectivity index (χ4v) is 6.36. The third-order valence-corrected chi connectivity index (χ3v) is 8.20. The van der Waals surface area contributed by atoms with Gasteiger partial charge in [0.1, 0.15) is 17.3 Å². The molecule has 38 heavy (non-hydrogen) atoms. The smallest absolute Gasteiger partial charge is 0.267 e. The molecule has 0 atom stereocenters. The summed E-state index contributed by atoms with van der Waals surface area (Å²) < 4.78 is 30.0. The Labute approximate surface area is 224 Å². The predicted molar refractivity (Wildman–Crippen MR) is 150 cm³/mol. The summed E-state index contributed by atoms with van der Waals surface area (Å²) >= 11 is 1.31. The van der Waals surface area contributed by atoms with Crippen LogP contribution >= 0.6 is 11.8 Å². The van der Waals surface area contributed by atoms with E-state index in [4.69, 9.17) is 0 Å². The van der Waals surface area contributed by atoms with Crippen LogP contribution in [0.25, 0.3) is 17.0 Å². The Balaban J connectivity index is 1.39. The first kappa shape index (κ1) is 24.6. The van der Waals surface area contributed by atoms with Crippen LogP contribution < -0.4 is 0 Å². The van der Waals surface area contributed by atoms with E-state index >= 15 is 0 Å². The van der Waals surface area contributed by atoms with Crippen molar-refractivity contribution in [2.75, 3.05) is 0 Å². The monoisotopic (exact) mass is 527 g/mol. The van der Waals surface area contributed by atoms with E-state index < -0.39 is 5.82 Å². The number of aromatic nitrogens is 1. The van der Waals surface area contributed by atoms with Crippen LogP contribution in [0.2, 0.25) is 0 Å². The molecule has 1 aliphatic heterocycles. The fourth-order valence-electron chi connectivity index (χ4n) is 5.32. The van der Waals surface area contributed by atoms with Crippen molar-refractivity contribution in [2.24, 2.45) is 4.99 Å². The zero-order chi connectivity index (χ0) is 26.1. The van der Waals surface area contributed by atoms with E-state index in [2.05, 4.69) is 9.56 Å². The van der Waals surface area contributed by atoms with Crippen LogP contribution in [0.4, 0.5) is 14.5 Å². The van der Waals surface area contributed by atoms with Gasteiger partial charge in [-0.3, -0.25) is 9.69 Å². The number of benzene rings is 3. The first-order valence-corrected chi connectivity index (χ1v) is 13.8. The number of thioether (sulfide) groups is 1. The summed E-state index contributed by atoms with van der Waals surface area (Å²) in [7, 11) is 0. The molecule has 6 rings (SSSR count). The van der Waals surface area contributed by atoms with E-state index in [-0.39, 0.29) is 23.5 Å². The Bertz CT molecular complexity index is 1550. The molecule has 0 bridgehead atoms. The molecule has 2 heterocycles. The molecule has 0 spiro atoms. The molecule has 0 N–H and O–H groups in total. The van der Waals surface area contributed by atoms with Gasteiger partial charge in [-0.25, -0.2) is 13.8 Å². The number of fused-ring (bicyclic) bond motifs is 1. The maximum atomic E-state index is 14.5. The highest BCUT2D eigenvalue weighted by atomic mass is 32.2. The van der Waals surface area contributed by atoms with Gasteiger partial charge < -0.3 is 4.57 Å². The number of amidine groups is 1. The van der Waals surface area contributed by atoms with Crippen molar-refractivity contribution < 1.29 is 13.6 Å². The largest absolute Gasteiger partial charge is 0.342 e. The number of hydrogen-bond acceptors (Lipinski definition) is 3. The quantitative estimate of drug-likeness (QED) is 0.247. The van der Waals surface area contributed by atoms with Crippen molar-refractivity contribution in [1.82, 2.24) is 9.47 Å². The third-order valence-electron chi connectivity index (χ3n) is 7.22. The first-order valence-electron chi connectivity index (χ1n) is 13.0. The number of rotatable bonds is 5. The van der Waals surface area contributed by atoms with Crippen molar-refractivity contribution in [3.05, 3.63) is 107 Å². The van der Waals surface area contributed by atoms with Crippen LogP contribution in [0, 0.1) is 11.6 Å². The maximum Gasteiger partial charge on any atom is 0.267 e. The molecule has 0 unspecified atom stereocenters. The minimum absolute atomic E-state index is 0.0694. The number of nitrogens with zero attached hydrogens (tertiary/aromatic N) is 3. The van der Waals surface area contributed by atoms with Gasteiger partial charge in [0.15, 0.2) is 5.17 Å². The SMILES string of the molecule is O=C1/C(=C/c2cn(Cc3ccc(F)cc3)c3ccccc23)SC(=Nc2ccccc2F)N1C1CCCCC1. The van der Waals surface area contributed by atoms with Crippen LogP contribution in [0.1, 0.15) is 43.2 Å². The average Bonchev–Trinajstić information content (AvgIpc) is 3.44. The lowest BCUT2D eigenvalue weighted by atomic mass is 9.94. The van der Waals surface area contributed by atoms with Gasteiger partial charge >= 0.3 is 0 Å². The molecule has 2 fully saturated rings. The summed E-state index contributed by atoms with van der Waals surface area (Å²) in [6.45, 7) is 0.583. The van der Waals surface area contributed by atoms with E-state index in [1.807, 2.05) is 36.5 Å². The van der Waals surface area contributed by atoms with Crippen LogP contribution in [0.3, 0.4) is 0 Å². The molecule has 4 nitrogen and oxygen atoms in total. The van der Waals surface area contributed by atoms with Gasteiger partial charge in [-0.2, -0.15) is 0 Å². The molecule has 1 aromatic heterocycles. The Morgan fingerprint density at radius 2 is 1.66 bits per heavy atom. The minimum Gasteiger partial charge on any atom is -0.342 e. The highest BCUT2D eigenvalue weighted by Crippen LogP contribution is 2.39. The summed E-state index contributed by atoms with van der Waals surface area (Å²) in [5.41, 5.74) is 3.18. The number of para-hydroxylation sites is 2. The Morgan fingerprint density at radius 1 is 0.921 bits per heavy atom. The van der Waals surface area contributed by atoms with Gasteiger partial charge in [-0.05, 0) is 66.6 Å². The molecule has 192 valence electrons. The van der Waals surface area contributed by atoms with Crippen LogP contribution in [-0.2, 0) is 11.3 Å². The van der Waals surface area contributed by atoms with Gasteiger partial charge in [0.05, 0.1) is 4.91 Å². The number of carbonyl (C=O) groups is 1. The molecular formula is C31H27F2N3OS. The number of amides is 1. The molecule has 1 amide bonds. The number of aliphatic imine (C=N–C) groups is 1. The molecule has 1 saturated heterocycles. The Morgan fingerprint density at radius 3 is 2.45 bits per heavy atom. The second kappa shape index (κ2) is 10.6. The maximum absolute atomic E-state index is 14.5. The molecule has 3 aromatic carbocycles. The first-order chi connectivity index (χ1) is 18.6. The van der Waals surface area contributed by atoms with Crippen molar-refractivity contribution >= 4 is 45.5 Å². The van der Waals surface area contributed by atoms with E-state index in [9.17, 15) is 13.6 Å². The minimum atomic E-state index is -0.405. The van der Waals surface area contributed by atoms with E-state index in [1.165, 1.54) is 36.4 Å². The van der Waals surface area contributed by atoms with Gasteiger partial charge in [-0.1, -0.05) is 61.7 Å². The average molecular weight is 528 g/mol. The van der Waals surface area contributed by atoms with Gasteiger partial charge in [0.2, 0.25) is 0 Å². The fraction of sp³-hybridized carbons (Fsp3) is 0.226. The lowest BCUT2D eigenvalue weighted by molar-refractivity contribution is -0.124. The third kappa shape index (κ3) is 4.90. The van der Waals surface area contributed by atoms with E-state index in [0.29, 0.717) is 16.6 Å². The summed E-state index contributed by atoms with van der Waals surface area (Å²) in [6, 6.07) is 21.0. The summed E-state index contributed by atoms with van der Waals surface area (Å²) in [4.78, 5) is 20.8. The van der Waals surface area contributed by atoms with Crippen LogP contribution in [0.15, 0.2) is 88.9 Å². The standard InChI is InChI=1S/C31H27F2N3OS/c32-23-16-14-21(15-17-23)19-35-20-22(25-10-4-7-13-28(25)35)18-29-30(37)36(24-8-2-1-3-9-24)31(38-29)34-27-12-6-5-11-26(27)33/h4-7,10-18,20,24H,1-3,8-9,19H2/b29-18-,34-31?. The molecular weight excluding hydrogens is 500 g/mol. The molecule has 7 heteroatoms. The lowest BCUT2D eigenvalue weighted by Crippen LogP contribution is -2.40. The van der Waals surface area contributed by atoms with Crippen molar-refractivity contribution in [3.63, 3.8) is 0 Å². The number of halogens is 2. The zero-order valence-electron chi connectivity index (χ0n) is 20.8. The molecule has 0 radical (unpaired) electrons. The van der Waals surface area contributed by atoms with Crippen molar-refractivity contribution in [2.45, 2.75) is 44.7 Å². The summed E-state index contributed by atoms with van der Waals surface area (Å²) in [5, 5.41) is 1.56. The van der Waals surface area contributed by atoms with E-state index in [0.717, 1.165) is 47.7 Å². The van der Waals surface area contributed by atoms with Crippen molar-refractivity contribution in [1.29, 1.82) is 0 Å². The molecule has 1 saturated carbocycles. The van der Waals surface area contributed by atoms with Crippen molar-refractivity contribution in [3.8, 4) is 0 Å². The highest BCUT2D eigenvalue weighted by molar-refractivity contribution is 8.18. The molecule has 2 aliphatic rings. The summed E-state index contributed by atoms with van der Waals surface area (Å²) in [5.74, 6) is -0.742. The Hall–Kier alpha value is -3.71. The van der Waals surface area contributed by atoms with Gasteiger partial charge in [0, 0.05) is 35.2 Å². The normalized spacial score (nSPS) is 18.8. The van der Waals surface area contributed by atoms with Gasteiger partial charge in [0.25, 0.3) is 5.91 Å². The lowest BCUT2D eigenvalue weighted by Gasteiger charge is -2.30. The predicted octanol–water partition coefficient (Wildman–Crippen LogP) is 7.90. The molecule has 4 aromatic rings. The second-order valence-electron chi connectivity index (χ2n) is 9.78. The van der Waals surface area contributed by atoms with Crippen LogP contribution in [0.5, 0.6) is 0 Å². The number of hydrogen-bond donors (Lipinski definition) is 0. The van der Waals surface area contributed by atoms with E-state index in [1.54, 1.807) is 35.2 Å². The number of carbonyl (C=O) groups excluding carboxylic acids is 1. The zero-order valence-corrected chi connectivity index (χ0v) is 21.6. The van der Waals surface area contributed by atoms with Crippen LogP contribution in [-0.4, -0.2) is 26.6 Å².